The Bertz CT molecular complexity index is 581. The Labute approximate surface area is 150 Å². The minimum absolute atomic E-state index is 0.0604. The summed E-state index contributed by atoms with van der Waals surface area (Å²) in [5.41, 5.74) is 0.0604. The van der Waals surface area contributed by atoms with Crippen molar-refractivity contribution < 1.29 is 4.74 Å². The monoisotopic (exact) mass is 348 g/mol. The van der Waals surface area contributed by atoms with Crippen LogP contribution in [0.4, 0.5) is 0 Å². The van der Waals surface area contributed by atoms with E-state index in [0.29, 0.717) is 0 Å². The maximum absolute atomic E-state index is 11.6. The molecule has 1 aliphatic carbocycles. The summed E-state index contributed by atoms with van der Waals surface area (Å²) in [6.07, 6.45) is 6.40. The first-order valence-corrected chi connectivity index (χ1v) is 9.43. The molecule has 0 aromatic carbocycles. The van der Waals surface area contributed by atoms with Gasteiger partial charge in [-0.15, -0.1) is 0 Å². The van der Waals surface area contributed by atoms with Gasteiger partial charge in [-0.3, -0.25) is 9.79 Å². The smallest absolute Gasteiger partial charge is 0.250 e. The molecule has 0 radical (unpaired) electrons. The SMILES string of the molecule is CCNC(=NCCCCn1ccccc1=O)N(C)CCOCC1CC1. The summed E-state index contributed by atoms with van der Waals surface area (Å²) in [6.45, 7) is 6.93. The number of hydrogen-bond donors (Lipinski definition) is 1. The summed E-state index contributed by atoms with van der Waals surface area (Å²) in [5.74, 6) is 1.73. The largest absolute Gasteiger partial charge is 0.379 e. The molecular formula is C19H32N4O2. The Morgan fingerprint density at radius 3 is 2.96 bits per heavy atom. The first kappa shape index (κ1) is 19.5. The van der Waals surface area contributed by atoms with Crippen LogP contribution in [0.2, 0.25) is 0 Å². The third kappa shape index (κ3) is 7.73. The molecule has 0 unspecified atom stereocenters. The molecule has 0 bridgehead atoms. The van der Waals surface area contributed by atoms with Crippen molar-refractivity contribution in [3.05, 3.63) is 34.7 Å². The summed E-state index contributed by atoms with van der Waals surface area (Å²) >= 11 is 0. The highest BCUT2D eigenvalue weighted by Gasteiger charge is 2.21. The maximum atomic E-state index is 11.6. The zero-order valence-electron chi connectivity index (χ0n) is 15.6. The summed E-state index contributed by atoms with van der Waals surface area (Å²) < 4.78 is 7.45. The Balaban J connectivity index is 1.66. The van der Waals surface area contributed by atoms with Gasteiger partial charge in [0.2, 0.25) is 5.56 Å². The van der Waals surface area contributed by atoms with Gasteiger partial charge in [0.1, 0.15) is 0 Å². The van der Waals surface area contributed by atoms with E-state index in [1.54, 1.807) is 16.7 Å². The lowest BCUT2D eigenvalue weighted by Gasteiger charge is -2.22. The fourth-order valence-electron chi connectivity index (χ4n) is 2.54. The molecule has 25 heavy (non-hydrogen) atoms. The number of hydrogen-bond acceptors (Lipinski definition) is 3. The van der Waals surface area contributed by atoms with Crippen molar-refractivity contribution in [1.29, 1.82) is 0 Å². The van der Waals surface area contributed by atoms with Gasteiger partial charge < -0.3 is 19.5 Å². The Kier molecular flexibility index (Phi) is 8.52. The van der Waals surface area contributed by atoms with Crippen molar-refractivity contribution in [1.82, 2.24) is 14.8 Å². The van der Waals surface area contributed by atoms with Crippen molar-refractivity contribution >= 4 is 5.96 Å². The molecule has 1 aliphatic rings. The van der Waals surface area contributed by atoms with E-state index in [-0.39, 0.29) is 5.56 Å². The second-order valence-corrected chi connectivity index (χ2v) is 6.61. The molecule has 1 aromatic heterocycles. The number of aliphatic imine (C=N–C) groups is 1. The molecule has 140 valence electrons. The highest BCUT2D eigenvalue weighted by Crippen LogP contribution is 2.28. The molecule has 1 aromatic rings. The van der Waals surface area contributed by atoms with Crippen LogP contribution in [0.5, 0.6) is 0 Å². The lowest BCUT2D eigenvalue weighted by molar-refractivity contribution is 0.115. The Morgan fingerprint density at radius 2 is 2.24 bits per heavy atom. The number of rotatable bonds is 11. The zero-order valence-corrected chi connectivity index (χ0v) is 15.6. The predicted octanol–water partition coefficient (Wildman–Crippen LogP) is 1.95. The Hall–Kier alpha value is -1.82. The normalized spacial score (nSPS) is 14.6. The van der Waals surface area contributed by atoms with Crippen LogP contribution >= 0.6 is 0 Å². The third-order valence-corrected chi connectivity index (χ3v) is 4.29. The number of pyridine rings is 1. The number of likely N-dealkylation sites (N-methyl/N-ethyl adjacent to an activating group) is 1. The molecular weight excluding hydrogens is 316 g/mol. The van der Waals surface area contributed by atoms with Crippen molar-refractivity contribution in [2.24, 2.45) is 10.9 Å². The topological polar surface area (TPSA) is 58.9 Å². The maximum Gasteiger partial charge on any atom is 0.250 e. The Morgan fingerprint density at radius 1 is 1.40 bits per heavy atom. The number of ether oxygens (including phenoxy) is 1. The standard InChI is InChI=1S/C19H32N4O2/c1-3-20-19(22(2)14-15-25-16-17-9-10-17)21-11-5-7-13-23-12-6-4-8-18(23)24/h4,6,8,12,17H,3,5,7,9-11,13-16H2,1-2H3,(H,20,21). The third-order valence-electron chi connectivity index (χ3n) is 4.29. The number of unbranched alkanes of at least 4 members (excludes halogenated alkanes) is 1. The summed E-state index contributed by atoms with van der Waals surface area (Å²) in [6, 6.07) is 5.26. The van der Waals surface area contributed by atoms with Gasteiger partial charge in [0.25, 0.3) is 0 Å². The van der Waals surface area contributed by atoms with Gasteiger partial charge >= 0.3 is 0 Å². The van der Waals surface area contributed by atoms with E-state index >= 15 is 0 Å². The van der Waals surface area contributed by atoms with E-state index in [0.717, 1.165) is 64.1 Å². The fraction of sp³-hybridized carbons (Fsp3) is 0.684. The van der Waals surface area contributed by atoms with Crippen molar-refractivity contribution in [2.45, 2.75) is 39.2 Å². The molecule has 0 spiro atoms. The van der Waals surface area contributed by atoms with E-state index in [1.165, 1.54) is 12.8 Å². The van der Waals surface area contributed by atoms with Gasteiger partial charge in [-0.2, -0.15) is 0 Å². The molecule has 1 saturated carbocycles. The number of aryl methyl sites for hydroxylation is 1. The summed E-state index contributed by atoms with van der Waals surface area (Å²) in [7, 11) is 2.05. The predicted molar refractivity (Wildman–Crippen MR) is 102 cm³/mol. The van der Waals surface area contributed by atoms with Crippen molar-refractivity contribution in [3.8, 4) is 0 Å². The number of nitrogens with zero attached hydrogens (tertiary/aromatic N) is 3. The number of nitrogens with one attached hydrogen (secondary N) is 1. The quantitative estimate of drug-likeness (QED) is 0.377. The average molecular weight is 348 g/mol. The zero-order chi connectivity index (χ0) is 17.9. The molecule has 0 aliphatic heterocycles. The van der Waals surface area contributed by atoms with Crippen LogP contribution in [0.3, 0.4) is 0 Å². The highest BCUT2D eigenvalue weighted by molar-refractivity contribution is 5.79. The lowest BCUT2D eigenvalue weighted by atomic mass is 10.3. The van der Waals surface area contributed by atoms with Crippen LogP contribution in [-0.4, -0.2) is 55.3 Å². The van der Waals surface area contributed by atoms with Gasteiger partial charge in [0.15, 0.2) is 5.96 Å². The lowest BCUT2D eigenvalue weighted by Crippen LogP contribution is -2.40. The van der Waals surface area contributed by atoms with E-state index in [2.05, 4.69) is 22.1 Å². The van der Waals surface area contributed by atoms with E-state index in [9.17, 15) is 4.79 Å². The van der Waals surface area contributed by atoms with Crippen LogP contribution in [-0.2, 0) is 11.3 Å². The van der Waals surface area contributed by atoms with Gasteiger partial charge in [-0.1, -0.05) is 6.07 Å². The summed E-state index contributed by atoms with van der Waals surface area (Å²) in [5, 5.41) is 3.33. The molecule has 2 rings (SSSR count). The summed E-state index contributed by atoms with van der Waals surface area (Å²) in [4.78, 5) is 18.4. The van der Waals surface area contributed by atoms with Crippen LogP contribution < -0.4 is 10.9 Å². The van der Waals surface area contributed by atoms with Gasteiger partial charge in [0.05, 0.1) is 6.61 Å². The second kappa shape index (κ2) is 10.9. The molecule has 0 amide bonds. The number of aromatic nitrogens is 1. The average Bonchev–Trinajstić information content (AvgIpc) is 3.43. The highest BCUT2D eigenvalue weighted by atomic mass is 16.5. The number of guanidine groups is 1. The molecule has 0 atom stereocenters. The van der Waals surface area contributed by atoms with E-state index in [1.807, 2.05) is 19.3 Å². The molecule has 1 heterocycles. The molecule has 6 nitrogen and oxygen atoms in total. The van der Waals surface area contributed by atoms with Gasteiger partial charge in [-0.25, -0.2) is 0 Å². The molecule has 6 heteroatoms. The second-order valence-electron chi connectivity index (χ2n) is 6.61. The minimum Gasteiger partial charge on any atom is -0.379 e. The van der Waals surface area contributed by atoms with E-state index in [4.69, 9.17) is 4.74 Å². The van der Waals surface area contributed by atoms with Crippen molar-refractivity contribution in [3.63, 3.8) is 0 Å². The van der Waals surface area contributed by atoms with E-state index < -0.39 is 0 Å². The first-order valence-electron chi connectivity index (χ1n) is 9.43. The van der Waals surface area contributed by atoms with Gasteiger partial charge in [-0.05, 0) is 44.6 Å². The van der Waals surface area contributed by atoms with Gasteiger partial charge in [0, 0.05) is 52.1 Å². The fourth-order valence-corrected chi connectivity index (χ4v) is 2.54. The van der Waals surface area contributed by atoms with Crippen LogP contribution in [0.1, 0.15) is 32.6 Å². The van der Waals surface area contributed by atoms with Crippen LogP contribution in [0.15, 0.2) is 34.2 Å². The van der Waals surface area contributed by atoms with Crippen molar-refractivity contribution in [2.75, 3.05) is 39.9 Å². The molecule has 0 saturated heterocycles. The van der Waals surface area contributed by atoms with Crippen LogP contribution in [0.25, 0.3) is 0 Å². The van der Waals surface area contributed by atoms with Crippen LogP contribution in [0, 0.1) is 5.92 Å². The molecule has 1 N–H and O–H groups in total. The molecule has 1 fully saturated rings. The first-order chi connectivity index (χ1) is 12.2. The minimum atomic E-state index is 0.0604.